The second-order valence-corrected chi connectivity index (χ2v) is 39.7. The summed E-state index contributed by atoms with van der Waals surface area (Å²) >= 11 is 8.06. The van der Waals surface area contributed by atoms with Gasteiger partial charge in [0.25, 0.3) is 0 Å². The summed E-state index contributed by atoms with van der Waals surface area (Å²) in [7, 11) is -7.59. The zero-order chi connectivity index (χ0) is 52.9. The standard InChI is InChI=1S/C25H32N4O4S2.C23H28N4O4S2.I3/c1-7-26-19-12-13-20(22(14-19)35(31,32)29-25(4,5)6)21-15-27-23(34-21)17-8-10-18(11-9-17)28-24(30)33-16(2)3;1-14(2)31-22(28)26-17-9-6-15(7-10-17)21-25-13-19(32-21)18-11-8-16(24)12-20(18)33(29,30)27-23(3,4)5;1-3-2/h8-16,26,29H,7H2,1-6H3,(H,28,30);6-14,27H,24H2,1-5H3,(H,26,28);/q;;-1. The summed E-state index contributed by atoms with van der Waals surface area (Å²) < 4.78 is 68.2. The van der Waals surface area contributed by atoms with E-state index in [9.17, 15) is 26.4 Å². The van der Waals surface area contributed by atoms with Gasteiger partial charge in [0, 0.05) is 75.0 Å². The first-order valence-corrected chi connectivity index (χ1v) is 39.1. The average molecular weight is 1390 g/mol. The molecule has 0 aliphatic rings. The Morgan fingerprint density at radius 1 is 0.634 bits per heavy atom. The molecule has 0 bridgehead atoms. The van der Waals surface area contributed by atoms with Crippen molar-refractivity contribution in [2.24, 2.45) is 0 Å². The van der Waals surface area contributed by atoms with Crippen LogP contribution in [0.5, 0.6) is 0 Å². The molecule has 4 aromatic carbocycles. The van der Waals surface area contributed by atoms with Crippen molar-refractivity contribution in [3.05, 3.63) is 97.3 Å². The van der Waals surface area contributed by atoms with Crippen LogP contribution in [0.15, 0.2) is 107 Å². The molecule has 6 rings (SSSR count). The molecule has 0 unspecified atom stereocenters. The molecule has 2 aromatic heterocycles. The minimum absolute atomic E-state index is 0.107. The molecule has 0 saturated carbocycles. The number of hydrogen-bond donors (Lipinski definition) is 6. The molecule has 2 amide bonds. The zero-order valence-corrected chi connectivity index (χ0v) is 50.8. The quantitative estimate of drug-likeness (QED) is 0.0442. The molecule has 386 valence electrons. The third-order valence-electron chi connectivity index (χ3n) is 8.81. The Balaban J connectivity index is 0.000000293. The number of rotatable bonds is 14. The van der Waals surface area contributed by atoms with E-state index >= 15 is 0 Å². The molecule has 7 N–H and O–H groups in total. The molecule has 23 heteroatoms. The molecule has 71 heavy (non-hydrogen) atoms. The van der Waals surface area contributed by atoms with Crippen molar-refractivity contribution in [3.8, 4) is 42.0 Å². The first-order chi connectivity index (χ1) is 33.1. The number of nitrogens with zero attached hydrogens (tertiary/aromatic N) is 2. The van der Waals surface area contributed by atoms with E-state index in [1.807, 2.05) is 58.0 Å². The van der Waals surface area contributed by atoms with Crippen LogP contribution in [0, 0.1) is 0 Å². The number of halogens is 3. The fourth-order valence-electron chi connectivity index (χ4n) is 6.32. The Morgan fingerprint density at radius 3 is 1.37 bits per heavy atom. The number of carbonyl (C=O) groups is 2. The number of nitrogens with one attached hydrogen (secondary N) is 5. The van der Waals surface area contributed by atoms with Crippen molar-refractivity contribution in [3.63, 3.8) is 0 Å². The first-order valence-electron chi connectivity index (χ1n) is 21.9. The average Bonchev–Trinajstić information content (AvgIpc) is 3.94. The van der Waals surface area contributed by atoms with Gasteiger partial charge in [-0.2, -0.15) is 0 Å². The molecule has 0 spiro atoms. The van der Waals surface area contributed by atoms with E-state index in [0.29, 0.717) is 57.9 Å². The van der Waals surface area contributed by atoms with Crippen molar-refractivity contribution in [1.82, 2.24) is 19.4 Å². The molecular formula is C48H60I3N8O8S4-. The predicted molar refractivity (Wildman–Crippen MR) is 303 cm³/mol. The van der Waals surface area contributed by atoms with E-state index in [0.717, 1.165) is 26.7 Å². The van der Waals surface area contributed by atoms with Gasteiger partial charge in [0.05, 0.1) is 31.8 Å². The van der Waals surface area contributed by atoms with Crippen LogP contribution < -0.4 is 44.4 Å². The summed E-state index contributed by atoms with van der Waals surface area (Å²) in [6, 6.07) is 24.5. The number of anilines is 4. The second kappa shape index (κ2) is 26.5. The van der Waals surface area contributed by atoms with Crippen LogP contribution in [0.4, 0.5) is 32.3 Å². The fourth-order valence-corrected chi connectivity index (χ4v) is 11.7. The number of amides is 2. The summed E-state index contributed by atoms with van der Waals surface area (Å²) in [5.41, 5.74) is 9.72. The van der Waals surface area contributed by atoms with Crippen molar-refractivity contribution in [1.29, 1.82) is 0 Å². The number of aromatic nitrogens is 2. The molecule has 2 heterocycles. The van der Waals surface area contributed by atoms with Crippen molar-refractivity contribution in [2.75, 3.05) is 28.2 Å². The maximum atomic E-state index is 13.3. The van der Waals surface area contributed by atoms with Crippen LogP contribution in [0.1, 0.15) is 76.2 Å². The molecule has 16 nitrogen and oxygen atoms in total. The molecule has 6 aromatic rings. The third-order valence-corrected chi connectivity index (χ3v) is 14.6. The third kappa shape index (κ3) is 19.3. The second-order valence-electron chi connectivity index (χ2n) is 18.1. The maximum absolute atomic E-state index is 13.3. The van der Waals surface area contributed by atoms with Gasteiger partial charge in [-0.25, -0.2) is 45.8 Å². The first kappa shape index (κ1) is 59.8. The molecule has 0 aliphatic carbocycles. The van der Waals surface area contributed by atoms with Crippen molar-refractivity contribution >= 4 is 115 Å². The van der Waals surface area contributed by atoms with E-state index in [4.69, 9.17) is 15.2 Å². The number of hydrogen-bond acceptors (Lipinski definition) is 14. The van der Waals surface area contributed by atoms with E-state index in [1.54, 1.807) is 109 Å². The van der Waals surface area contributed by atoms with Crippen molar-refractivity contribution in [2.45, 2.75) is 109 Å². The molecule has 0 atom stereocenters. The van der Waals surface area contributed by atoms with Gasteiger partial charge < -0.3 is 20.5 Å². The van der Waals surface area contributed by atoms with Crippen LogP contribution in [-0.4, -0.2) is 68.8 Å². The SMILES string of the molecule is CC(C)OC(=O)Nc1ccc(-c2ncc(-c3ccc(N)cc3S(=O)(=O)NC(C)(C)C)s2)cc1.CCNc1ccc(-c2cnc(-c3ccc(NC(=O)OC(C)C)cc3)s2)c(S(=O)(=O)NC(C)(C)C)c1.I[I-]I. The van der Waals surface area contributed by atoms with E-state index in [2.05, 4.69) is 72.6 Å². The molecular weight excluding hydrogens is 1330 g/mol. The van der Waals surface area contributed by atoms with Crippen LogP contribution >= 0.6 is 59.9 Å². The minimum atomic E-state index is -3.80. The fraction of sp³-hybridized carbons (Fsp3) is 0.333. The number of benzene rings is 4. The predicted octanol–water partition coefficient (Wildman–Crippen LogP) is 9.81. The number of carbonyl (C=O) groups excluding carboxylic acids is 2. The van der Waals surface area contributed by atoms with E-state index in [-0.39, 0.29) is 22.0 Å². The van der Waals surface area contributed by atoms with Gasteiger partial charge in [0.2, 0.25) is 20.0 Å². The summed E-state index contributed by atoms with van der Waals surface area (Å²) in [6.07, 6.45) is 1.89. The topological polar surface area (TPSA) is 233 Å². The Hall–Kier alpha value is -3.71. The van der Waals surface area contributed by atoms with Crippen LogP contribution in [0.2, 0.25) is 0 Å². The van der Waals surface area contributed by atoms with Crippen LogP contribution in [0.3, 0.4) is 0 Å². The zero-order valence-electron chi connectivity index (χ0n) is 41.1. The Labute approximate surface area is 455 Å². The van der Waals surface area contributed by atoms with Gasteiger partial charge in [-0.1, -0.05) is 12.1 Å². The molecule has 0 aliphatic heterocycles. The number of sulfonamides is 2. The summed E-state index contributed by atoms with van der Waals surface area (Å²) in [6.45, 7) is 20.5. The van der Waals surface area contributed by atoms with Gasteiger partial charge in [0.15, 0.2) is 0 Å². The summed E-state index contributed by atoms with van der Waals surface area (Å²) in [5, 5.41) is 9.98. The van der Waals surface area contributed by atoms with Crippen LogP contribution in [0.25, 0.3) is 42.0 Å². The van der Waals surface area contributed by atoms with E-state index in [1.165, 1.54) is 28.7 Å². The Bertz CT molecular complexity index is 2960. The number of thiazole rings is 2. The van der Waals surface area contributed by atoms with E-state index < -0.39 is 43.3 Å². The van der Waals surface area contributed by atoms with Gasteiger partial charge in [-0.05, 0) is 149 Å². The Morgan fingerprint density at radius 2 is 1.00 bits per heavy atom. The summed E-state index contributed by atoms with van der Waals surface area (Å²) in [5.74, 6) is 0. The Kier molecular flexibility index (Phi) is 22.3. The number of nitrogens with two attached hydrogens (primary N) is 1. The number of nitrogen functional groups attached to an aromatic ring is 1. The van der Waals surface area contributed by atoms with Gasteiger partial charge in [0.1, 0.15) is 10.0 Å². The van der Waals surface area contributed by atoms with Gasteiger partial charge >= 0.3 is 62.7 Å². The molecule has 0 saturated heterocycles. The van der Waals surface area contributed by atoms with Crippen LogP contribution in [-0.2, 0) is 29.5 Å². The van der Waals surface area contributed by atoms with Gasteiger partial charge in [-0.3, -0.25) is 10.6 Å². The molecule has 0 fully saturated rings. The molecule has 0 radical (unpaired) electrons. The number of ether oxygens (including phenoxy) is 2. The monoisotopic (exact) mass is 1390 g/mol. The normalized spacial score (nSPS) is 11.8. The van der Waals surface area contributed by atoms with Crippen molar-refractivity contribution < 1.29 is 49.2 Å². The summed E-state index contributed by atoms with van der Waals surface area (Å²) in [4.78, 5) is 34.3. The van der Waals surface area contributed by atoms with Gasteiger partial charge in [-0.15, -0.1) is 22.7 Å².